The van der Waals surface area contributed by atoms with E-state index in [1.807, 2.05) is 0 Å². The van der Waals surface area contributed by atoms with Crippen LogP contribution in [0.2, 0.25) is 0 Å². The number of rotatable bonds is 2. The summed E-state index contributed by atoms with van der Waals surface area (Å²) < 4.78 is 25.7. The molecule has 6 nitrogen and oxygen atoms in total. The van der Waals surface area contributed by atoms with Gasteiger partial charge in [-0.25, -0.2) is 0 Å². The summed E-state index contributed by atoms with van der Waals surface area (Å²) in [7, 11) is -4.23. The second-order valence-corrected chi connectivity index (χ2v) is 8.68. The second-order valence-electron chi connectivity index (χ2n) is 4.21. The third-order valence-electron chi connectivity index (χ3n) is 2.95. The molecular weight excluding hydrogens is 380 g/mol. The number of thiophene rings is 1. The Labute approximate surface area is 132 Å². The lowest BCUT2D eigenvalue weighted by molar-refractivity contribution is 0.0766. The number of anilines is 1. The Balaban J connectivity index is 2.17. The number of benzene rings is 1. The van der Waals surface area contributed by atoms with Crippen molar-refractivity contribution in [3.8, 4) is 0 Å². The van der Waals surface area contributed by atoms with E-state index >= 15 is 0 Å². The average molecular weight is 387 g/mol. The van der Waals surface area contributed by atoms with E-state index in [9.17, 15) is 18.0 Å². The minimum Gasteiger partial charge on any atom is -0.398 e. The van der Waals surface area contributed by atoms with E-state index in [0.717, 1.165) is 11.3 Å². The molecule has 108 valence electrons. The number of nitrogens with zero attached hydrogens (tertiary/aromatic N) is 1. The highest BCUT2D eigenvalue weighted by Gasteiger charge is 2.45. The van der Waals surface area contributed by atoms with Crippen molar-refractivity contribution in [3.05, 3.63) is 45.2 Å². The van der Waals surface area contributed by atoms with E-state index in [1.165, 1.54) is 30.3 Å². The van der Waals surface area contributed by atoms with Gasteiger partial charge in [0, 0.05) is 5.69 Å². The lowest BCUT2D eigenvalue weighted by Crippen LogP contribution is -2.35. The Morgan fingerprint density at radius 2 is 1.81 bits per heavy atom. The molecule has 2 aromatic rings. The van der Waals surface area contributed by atoms with Gasteiger partial charge < -0.3 is 5.73 Å². The molecule has 0 bridgehead atoms. The molecular formula is C12H7BrN2O4S2. The van der Waals surface area contributed by atoms with Gasteiger partial charge in [0.1, 0.15) is 4.21 Å². The quantitative estimate of drug-likeness (QED) is 0.629. The summed E-state index contributed by atoms with van der Waals surface area (Å²) >= 11 is 4.07. The molecule has 0 radical (unpaired) electrons. The van der Waals surface area contributed by atoms with Crippen LogP contribution >= 0.6 is 27.3 Å². The van der Waals surface area contributed by atoms with Crippen LogP contribution in [0.15, 0.2) is 38.3 Å². The number of hydrogen-bond donors (Lipinski definition) is 1. The Morgan fingerprint density at radius 3 is 2.38 bits per heavy atom. The molecule has 2 N–H and O–H groups in total. The second kappa shape index (κ2) is 4.65. The van der Waals surface area contributed by atoms with Crippen molar-refractivity contribution in [1.29, 1.82) is 0 Å². The number of carbonyl (C=O) groups excluding carboxylic acids is 2. The van der Waals surface area contributed by atoms with Gasteiger partial charge in [0.15, 0.2) is 0 Å². The Bertz CT molecular complexity index is 888. The van der Waals surface area contributed by atoms with Gasteiger partial charge in [0.2, 0.25) is 0 Å². The van der Waals surface area contributed by atoms with E-state index in [1.54, 1.807) is 0 Å². The molecule has 0 saturated carbocycles. The molecule has 1 aromatic heterocycles. The van der Waals surface area contributed by atoms with Crippen LogP contribution in [0, 0.1) is 0 Å². The number of imide groups is 1. The molecule has 0 atom stereocenters. The van der Waals surface area contributed by atoms with Crippen molar-refractivity contribution < 1.29 is 18.0 Å². The van der Waals surface area contributed by atoms with Crippen molar-refractivity contribution in [2.45, 2.75) is 4.21 Å². The fourth-order valence-corrected chi connectivity index (χ4v) is 5.44. The zero-order valence-electron chi connectivity index (χ0n) is 10.2. The van der Waals surface area contributed by atoms with Crippen LogP contribution < -0.4 is 5.73 Å². The number of sulfonamides is 1. The van der Waals surface area contributed by atoms with Gasteiger partial charge in [-0.1, -0.05) is 6.07 Å². The SMILES string of the molecule is Nc1cccc2c1C(=O)N(S(=O)(=O)c1ccc(Br)s1)C2=O. The van der Waals surface area contributed by atoms with Gasteiger partial charge in [0.05, 0.1) is 14.9 Å². The summed E-state index contributed by atoms with van der Waals surface area (Å²) in [5.74, 6) is -1.80. The lowest BCUT2D eigenvalue weighted by atomic mass is 10.1. The van der Waals surface area contributed by atoms with E-state index in [4.69, 9.17) is 5.73 Å². The highest BCUT2D eigenvalue weighted by atomic mass is 79.9. The maximum atomic E-state index is 12.5. The topological polar surface area (TPSA) is 97.5 Å². The Morgan fingerprint density at radius 1 is 1.10 bits per heavy atom. The molecule has 1 aliphatic heterocycles. The highest BCUT2D eigenvalue weighted by molar-refractivity contribution is 9.11. The molecule has 2 heterocycles. The molecule has 0 spiro atoms. The maximum absolute atomic E-state index is 12.5. The van der Waals surface area contributed by atoms with E-state index in [0.29, 0.717) is 3.79 Å². The smallest absolute Gasteiger partial charge is 0.283 e. The number of nitrogen functional groups attached to an aromatic ring is 1. The van der Waals surface area contributed by atoms with Crippen LogP contribution in [0.25, 0.3) is 0 Å². The molecule has 0 unspecified atom stereocenters. The van der Waals surface area contributed by atoms with Gasteiger partial charge in [-0.3, -0.25) is 9.59 Å². The lowest BCUT2D eigenvalue weighted by Gasteiger charge is -2.12. The largest absolute Gasteiger partial charge is 0.398 e. The summed E-state index contributed by atoms with van der Waals surface area (Å²) in [5.41, 5.74) is 5.68. The zero-order chi connectivity index (χ0) is 15.4. The molecule has 0 saturated heterocycles. The molecule has 9 heteroatoms. The molecule has 3 rings (SSSR count). The monoisotopic (exact) mass is 386 g/mol. The first-order valence-electron chi connectivity index (χ1n) is 5.62. The van der Waals surface area contributed by atoms with E-state index < -0.39 is 21.8 Å². The van der Waals surface area contributed by atoms with Gasteiger partial charge in [-0.2, -0.15) is 12.7 Å². The minimum atomic E-state index is -4.23. The summed E-state index contributed by atoms with van der Waals surface area (Å²) in [6.07, 6.45) is 0. The third-order valence-corrected chi connectivity index (χ3v) is 6.71. The molecule has 0 fully saturated rings. The molecule has 1 aliphatic rings. The number of hydrogen-bond acceptors (Lipinski definition) is 6. The van der Waals surface area contributed by atoms with Crippen LogP contribution in [-0.2, 0) is 10.0 Å². The molecule has 2 amide bonds. The number of carbonyl (C=O) groups is 2. The van der Waals surface area contributed by atoms with Crippen molar-refractivity contribution in [2.75, 3.05) is 5.73 Å². The first kappa shape index (κ1) is 14.2. The normalized spacial score (nSPS) is 14.6. The summed E-state index contributed by atoms with van der Waals surface area (Å²) in [6, 6.07) is 7.19. The van der Waals surface area contributed by atoms with E-state index in [2.05, 4.69) is 15.9 Å². The van der Waals surface area contributed by atoms with Gasteiger partial charge in [0.25, 0.3) is 21.8 Å². The zero-order valence-corrected chi connectivity index (χ0v) is 13.5. The van der Waals surface area contributed by atoms with Crippen LogP contribution in [0.3, 0.4) is 0 Å². The Kier molecular flexibility index (Phi) is 3.15. The third kappa shape index (κ3) is 2.00. The summed E-state index contributed by atoms with van der Waals surface area (Å²) in [6.45, 7) is 0. The predicted molar refractivity (Wildman–Crippen MR) is 80.6 cm³/mol. The number of halogens is 1. The van der Waals surface area contributed by atoms with Gasteiger partial charge in [-0.15, -0.1) is 11.3 Å². The van der Waals surface area contributed by atoms with Crippen LogP contribution in [0.5, 0.6) is 0 Å². The van der Waals surface area contributed by atoms with Crippen LogP contribution in [0.4, 0.5) is 5.69 Å². The fourth-order valence-electron chi connectivity index (χ4n) is 2.03. The highest BCUT2D eigenvalue weighted by Crippen LogP contribution is 2.35. The van der Waals surface area contributed by atoms with Crippen molar-refractivity contribution in [3.63, 3.8) is 0 Å². The number of amides is 2. The van der Waals surface area contributed by atoms with Gasteiger partial charge >= 0.3 is 0 Å². The Hall–Kier alpha value is -1.71. The van der Waals surface area contributed by atoms with Gasteiger partial charge in [-0.05, 0) is 40.2 Å². The summed E-state index contributed by atoms with van der Waals surface area (Å²) in [4.78, 5) is 24.5. The van der Waals surface area contributed by atoms with Crippen LogP contribution in [0.1, 0.15) is 20.7 Å². The molecule has 1 aromatic carbocycles. The van der Waals surface area contributed by atoms with Crippen molar-refractivity contribution >= 4 is 54.8 Å². The fraction of sp³-hybridized carbons (Fsp3) is 0. The molecule has 21 heavy (non-hydrogen) atoms. The predicted octanol–water partition coefficient (Wildman–Crippen LogP) is 2.08. The van der Waals surface area contributed by atoms with Crippen LogP contribution in [-0.4, -0.2) is 24.5 Å². The maximum Gasteiger partial charge on any atom is 0.283 e. The summed E-state index contributed by atoms with van der Waals surface area (Å²) in [5, 5.41) is 0. The first-order chi connectivity index (χ1) is 9.84. The van der Waals surface area contributed by atoms with Crippen molar-refractivity contribution in [1.82, 2.24) is 4.31 Å². The minimum absolute atomic E-state index is 0.000744. The number of nitrogens with two attached hydrogens (primary N) is 1. The average Bonchev–Trinajstić information content (AvgIpc) is 2.94. The first-order valence-corrected chi connectivity index (χ1v) is 8.67. The van der Waals surface area contributed by atoms with Crippen molar-refractivity contribution in [2.24, 2.45) is 0 Å². The standard InChI is InChI=1S/C12H7BrN2O4S2/c13-8-4-5-9(20-8)21(18,19)15-11(16)6-2-1-3-7(14)10(6)12(15)17/h1-5H,14H2. The molecule has 0 aliphatic carbocycles. The van der Waals surface area contributed by atoms with E-state index in [-0.39, 0.29) is 25.3 Å². The number of fused-ring (bicyclic) bond motifs is 1.